The van der Waals surface area contributed by atoms with Crippen LogP contribution in [0.2, 0.25) is 0 Å². The first-order valence-corrected chi connectivity index (χ1v) is 9.67. The minimum atomic E-state index is -0.961. The Morgan fingerprint density at radius 1 is 0.963 bits per heavy atom. The number of hydrogen-bond acceptors (Lipinski definition) is 6. The van der Waals surface area contributed by atoms with E-state index in [1.807, 2.05) is 18.2 Å². The third-order valence-electron chi connectivity index (χ3n) is 4.79. The van der Waals surface area contributed by atoms with Gasteiger partial charge in [-0.1, -0.05) is 12.1 Å². The van der Waals surface area contributed by atoms with E-state index in [1.165, 1.54) is 0 Å². The second-order valence-electron chi connectivity index (χ2n) is 6.59. The van der Waals surface area contributed by atoms with Crippen molar-refractivity contribution in [3.8, 4) is 10.7 Å². The van der Waals surface area contributed by atoms with E-state index < -0.39 is 5.97 Å². The number of hydrogen-bond donors (Lipinski definition) is 1. The van der Waals surface area contributed by atoms with Crippen LogP contribution in [0.15, 0.2) is 42.5 Å². The van der Waals surface area contributed by atoms with Crippen molar-refractivity contribution in [2.45, 2.75) is 12.8 Å². The Labute approximate surface area is 159 Å². The van der Waals surface area contributed by atoms with E-state index in [2.05, 4.69) is 11.0 Å². The number of aromatic carboxylic acids is 1. The van der Waals surface area contributed by atoms with Gasteiger partial charge in [0.2, 0.25) is 0 Å². The van der Waals surface area contributed by atoms with Gasteiger partial charge in [0, 0.05) is 13.1 Å². The highest BCUT2D eigenvalue weighted by Gasteiger charge is 2.22. The third-order valence-corrected chi connectivity index (χ3v) is 5.84. The number of para-hydroxylation sites is 1. The molecule has 0 spiro atoms. The monoisotopic (exact) mass is 376 g/mol. The number of anilines is 1. The van der Waals surface area contributed by atoms with Crippen molar-refractivity contribution >= 4 is 44.4 Å². The zero-order valence-corrected chi connectivity index (χ0v) is 15.2. The summed E-state index contributed by atoms with van der Waals surface area (Å²) < 4.78 is 1.11. The molecule has 134 valence electrons. The molecule has 0 aliphatic carbocycles. The van der Waals surface area contributed by atoms with Gasteiger partial charge in [0.05, 0.1) is 26.8 Å². The molecule has 0 radical (unpaired) electrons. The van der Waals surface area contributed by atoms with Gasteiger partial charge < -0.3 is 10.0 Å². The minimum absolute atomic E-state index is 0.219. The zero-order chi connectivity index (χ0) is 18.4. The van der Waals surface area contributed by atoms with Crippen molar-refractivity contribution in [2.24, 2.45) is 0 Å². The normalized spacial score (nSPS) is 14.3. The van der Waals surface area contributed by atoms with Gasteiger partial charge in [-0.3, -0.25) is 0 Å². The van der Waals surface area contributed by atoms with E-state index in [0.29, 0.717) is 11.0 Å². The molecule has 4 aromatic rings. The number of thiazole rings is 1. The molecule has 6 nitrogen and oxygen atoms in total. The molecule has 5 rings (SSSR count). The van der Waals surface area contributed by atoms with Crippen LogP contribution in [0.25, 0.3) is 32.0 Å². The maximum Gasteiger partial charge on any atom is 0.335 e. The summed E-state index contributed by atoms with van der Waals surface area (Å²) in [4.78, 5) is 27.9. The summed E-state index contributed by atoms with van der Waals surface area (Å²) in [6.45, 7) is 1.85. The van der Waals surface area contributed by atoms with Crippen molar-refractivity contribution < 1.29 is 9.90 Å². The first kappa shape index (κ1) is 16.1. The zero-order valence-electron chi connectivity index (χ0n) is 14.4. The first-order chi connectivity index (χ1) is 13.2. The number of fused-ring (bicyclic) bond motifs is 2. The number of aromatic nitrogens is 3. The van der Waals surface area contributed by atoms with E-state index in [1.54, 1.807) is 29.5 Å². The lowest BCUT2D eigenvalue weighted by Crippen LogP contribution is -2.20. The predicted octanol–water partition coefficient (Wildman–Crippen LogP) is 4.20. The fourth-order valence-corrected chi connectivity index (χ4v) is 4.40. The van der Waals surface area contributed by atoms with Crippen LogP contribution in [-0.4, -0.2) is 39.1 Å². The van der Waals surface area contributed by atoms with Gasteiger partial charge in [-0.25, -0.2) is 19.7 Å². The molecule has 0 amide bonds. The fraction of sp³-hybridized carbons (Fsp3) is 0.200. The van der Waals surface area contributed by atoms with Crippen LogP contribution in [0.4, 0.5) is 5.82 Å². The number of benzene rings is 2. The smallest absolute Gasteiger partial charge is 0.335 e. The van der Waals surface area contributed by atoms with E-state index in [4.69, 9.17) is 15.0 Å². The molecule has 1 fully saturated rings. The number of carbonyl (C=O) groups is 1. The number of carboxylic acid groups (broad SMARTS) is 1. The Morgan fingerprint density at radius 3 is 2.56 bits per heavy atom. The molecule has 0 saturated carbocycles. The second-order valence-corrected chi connectivity index (χ2v) is 7.62. The topological polar surface area (TPSA) is 79.2 Å². The maximum atomic E-state index is 11.3. The minimum Gasteiger partial charge on any atom is -0.478 e. The lowest BCUT2D eigenvalue weighted by Gasteiger charge is -2.19. The number of carboxylic acids is 1. The summed E-state index contributed by atoms with van der Waals surface area (Å²) in [5.74, 6) is -0.168. The molecule has 2 aromatic heterocycles. The summed E-state index contributed by atoms with van der Waals surface area (Å²) in [5, 5.41) is 10.1. The molecule has 0 unspecified atom stereocenters. The summed E-state index contributed by atoms with van der Waals surface area (Å²) in [6.07, 6.45) is 2.24. The Bertz CT molecular complexity index is 1150. The summed E-state index contributed by atoms with van der Waals surface area (Å²) in [7, 11) is 0. The quantitative estimate of drug-likeness (QED) is 0.577. The summed E-state index contributed by atoms with van der Waals surface area (Å²) >= 11 is 1.61. The summed E-state index contributed by atoms with van der Waals surface area (Å²) in [6, 6.07) is 12.9. The molecule has 7 heteroatoms. The first-order valence-electron chi connectivity index (χ1n) is 8.85. The Morgan fingerprint density at radius 2 is 1.78 bits per heavy atom. The van der Waals surface area contributed by atoms with Gasteiger partial charge in [-0.15, -0.1) is 11.3 Å². The highest BCUT2D eigenvalue weighted by molar-refractivity contribution is 7.21. The Kier molecular flexibility index (Phi) is 3.75. The van der Waals surface area contributed by atoms with Crippen molar-refractivity contribution in [2.75, 3.05) is 18.0 Å². The van der Waals surface area contributed by atoms with Crippen LogP contribution in [0.3, 0.4) is 0 Å². The van der Waals surface area contributed by atoms with Crippen molar-refractivity contribution in [3.63, 3.8) is 0 Å². The van der Waals surface area contributed by atoms with Crippen LogP contribution < -0.4 is 4.90 Å². The van der Waals surface area contributed by atoms with Crippen LogP contribution in [-0.2, 0) is 0 Å². The van der Waals surface area contributed by atoms with Gasteiger partial charge in [0.25, 0.3) is 0 Å². The van der Waals surface area contributed by atoms with Gasteiger partial charge in [0.15, 0.2) is 5.82 Å². The molecular weight excluding hydrogens is 360 g/mol. The van der Waals surface area contributed by atoms with Crippen molar-refractivity contribution in [1.29, 1.82) is 0 Å². The average Bonchev–Trinajstić information content (AvgIpc) is 3.36. The van der Waals surface area contributed by atoms with E-state index >= 15 is 0 Å². The van der Waals surface area contributed by atoms with E-state index in [-0.39, 0.29) is 5.56 Å². The highest BCUT2D eigenvalue weighted by atomic mass is 32.1. The third kappa shape index (κ3) is 2.80. The van der Waals surface area contributed by atoms with Crippen LogP contribution in [0, 0.1) is 0 Å². The molecule has 0 bridgehead atoms. The highest BCUT2D eigenvalue weighted by Crippen LogP contribution is 2.36. The van der Waals surface area contributed by atoms with Gasteiger partial charge in [0.1, 0.15) is 10.7 Å². The number of nitrogens with zero attached hydrogens (tertiary/aromatic N) is 4. The fourth-order valence-electron chi connectivity index (χ4n) is 3.44. The molecule has 0 atom stereocenters. The Balaban J connectivity index is 1.74. The predicted molar refractivity (Wildman–Crippen MR) is 107 cm³/mol. The molecular formula is C20H16N4O2S. The molecule has 1 saturated heterocycles. The lowest BCUT2D eigenvalue weighted by molar-refractivity contribution is 0.0697. The van der Waals surface area contributed by atoms with Crippen LogP contribution >= 0.6 is 11.3 Å². The average molecular weight is 376 g/mol. The molecule has 1 aliphatic heterocycles. The molecule has 3 heterocycles. The lowest BCUT2D eigenvalue weighted by atomic mass is 10.2. The molecule has 2 aromatic carbocycles. The SMILES string of the molecule is O=C(O)c1ccc2nc(-c3nc4ccccc4s3)c(N3CCCC3)nc2c1. The Hall–Kier alpha value is -3.06. The van der Waals surface area contributed by atoms with Gasteiger partial charge >= 0.3 is 5.97 Å². The van der Waals surface area contributed by atoms with Gasteiger partial charge in [-0.2, -0.15) is 0 Å². The van der Waals surface area contributed by atoms with E-state index in [9.17, 15) is 9.90 Å². The summed E-state index contributed by atoms with van der Waals surface area (Å²) in [5.41, 5.74) is 3.22. The van der Waals surface area contributed by atoms with Gasteiger partial charge in [-0.05, 0) is 43.2 Å². The maximum absolute atomic E-state index is 11.3. The number of rotatable bonds is 3. The van der Waals surface area contributed by atoms with Crippen molar-refractivity contribution in [1.82, 2.24) is 15.0 Å². The van der Waals surface area contributed by atoms with Crippen LogP contribution in [0.5, 0.6) is 0 Å². The van der Waals surface area contributed by atoms with Crippen LogP contribution in [0.1, 0.15) is 23.2 Å². The van der Waals surface area contributed by atoms with Crippen molar-refractivity contribution in [3.05, 3.63) is 48.0 Å². The standard InChI is InChI=1S/C20H16N4O2S/c25-20(26)12-7-8-13-15(11-12)22-18(24-9-3-4-10-24)17(21-13)19-23-14-5-1-2-6-16(14)27-19/h1-2,5-8,11H,3-4,9-10H2,(H,25,26). The largest absolute Gasteiger partial charge is 0.478 e. The molecule has 1 N–H and O–H groups in total. The second kappa shape index (κ2) is 6.28. The van der Waals surface area contributed by atoms with E-state index in [0.717, 1.165) is 52.7 Å². The molecule has 27 heavy (non-hydrogen) atoms. The molecule has 1 aliphatic rings.